The molecule has 6 nitrogen and oxygen atoms in total. The van der Waals surface area contributed by atoms with E-state index in [2.05, 4.69) is 15.0 Å². The Morgan fingerprint density at radius 2 is 1.85 bits per heavy atom. The van der Waals surface area contributed by atoms with E-state index in [-0.39, 0.29) is 0 Å². The van der Waals surface area contributed by atoms with Gasteiger partial charge in [0.2, 0.25) is 5.89 Å². The van der Waals surface area contributed by atoms with Gasteiger partial charge in [-0.15, -0.1) is 0 Å². The van der Waals surface area contributed by atoms with Crippen molar-refractivity contribution >= 4 is 11.6 Å². The van der Waals surface area contributed by atoms with Crippen molar-refractivity contribution in [2.75, 3.05) is 36.9 Å². The van der Waals surface area contributed by atoms with Gasteiger partial charge in [0, 0.05) is 25.2 Å². The maximum absolute atomic E-state index is 5.66. The molecular formula is C14H18N4O2. The first-order chi connectivity index (χ1) is 9.81. The molecule has 106 valence electrons. The molecule has 0 radical (unpaired) electrons. The first-order valence-corrected chi connectivity index (χ1v) is 6.81. The second-order valence-corrected chi connectivity index (χ2v) is 4.83. The molecular weight excluding hydrogens is 256 g/mol. The van der Waals surface area contributed by atoms with Gasteiger partial charge in [0.15, 0.2) is 0 Å². The Bertz CT molecular complexity index is 547. The zero-order valence-corrected chi connectivity index (χ0v) is 11.3. The van der Waals surface area contributed by atoms with Crippen LogP contribution in [0.5, 0.6) is 0 Å². The number of nitrogens with two attached hydrogens (primary N) is 1. The summed E-state index contributed by atoms with van der Waals surface area (Å²) in [7, 11) is 0. The molecule has 0 saturated carbocycles. The van der Waals surface area contributed by atoms with Gasteiger partial charge in [-0.3, -0.25) is 0 Å². The third kappa shape index (κ3) is 3.08. The monoisotopic (exact) mass is 274 g/mol. The highest BCUT2D eigenvalue weighted by molar-refractivity contribution is 5.39. The van der Waals surface area contributed by atoms with Crippen molar-refractivity contribution in [3.8, 4) is 0 Å². The van der Waals surface area contributed by atoms with Crippen LogP contribution in [0.2, 0.25) is 0 Å². The Kier molecular flexibility index (Phi) is 3.83. The van der Waals surface area contributed by atoms with E-state index in [4.69, 9.17) is 15.0 Å². The summed E-state index contributed by atoms with van der Waals surface area (Å²) in [5, 5.41) is 4.03. The summed E-state index contributed by atoms with van der Waals surface area (Å²) in [4.78, 5) is 6.52. The van der Waals surface area contributed by atoms with Crippen molar-refractivity contribution in [1.29, 1.82) is 0 Å². The molecule has 0 aliphatic carbocycles. The smallest absolute Gasteiger partial charge is 0.266 e. The quantitative estimate of drug-likeness (QED) is 0.846. The molecule has 3 rings (SSSR count). The number of hydrogen-bond acceptors (Lipinski definition) is 6. The molecule has 2 N–H and O–H groups in total. The van der Waals surface area contributed by atoms with Crippen LogP contribution in [-0.4, -0.2) is 36.4 Å². The van der Waals surface area contributed by atoms with Crippen molar-refractivity contribution in [3.05, 3.63) is 35.7 Å². The molecule has 1 fully saturated rings. The predicted octanol–water partition coefficient (Wildman–Crippen LogP) is 1.27. The molecule has 2 heterocycles. The molecule has 0 bridgehead atoms. The van der Waals surface area contributed by atoms with E-state index in [9.17, 15) is 0 Å². The Morgan fingerprint density at radius 1 is 1.10 bits per heavy atom. The Hall–Kier alpha value is -2.08. The van der Waals surface area contributed by atoms with Crippen molar-refractivity contribution in [2.45, 2.75) is 12.8 Å². The number of aryl methyl sites for hydroxylation is 2. The summed E-state index contributed by atoms with van der Waals surface area (Å²) >= 11 is 0. The van der Waals surface area contributed by atoms with Crippen LogP contribution >= 0.6 is 0 Å². The molecule has 0 atom stereocenters. The average molecular weight is 274 g/mol. The van der Waals surface area contributed by atoms with Gasteiger partial charge in [-0.2, -0.15) is 4.98 Å². The number of anilines is 2. The van der Waals surface area contributed by atoms with E-state index in [1.165, 1.54) is 5.56 Å². The van der Waals surface area contributed by atoms with Crippen molar-refractivity contribution < 1.29 is 9.26 Å². The van der Waals surface area contributed by atoms with Crippen molar-refractivity contribution in [3.63, 3.8) is 0 Å². The maximum Gasteiger partial charge on any atom is 0.266 e. The molecule has 0 spiro atoms. The molecule has 0 unspecified atom stereocenters. The average Bonchev–Trinajstić information content (AvgIpc) is 2.97. The lowest BCUT2D eigenvalue weighted by molar-refractivity contribution is 0.121. The van der Waals surface area contributed by atoms with E-state index in [0.29, 0.717) is 11.8 Å². The first-order valence-electron chi connectivity index (χ1n) is 6.81. The Labute approximate surface area is 117 Å². The second kappa shape index (κ2) is 5.92. The highest BCUT2D eigenvalue weighted by Gasteiger charge is 2.16. The molecule has 20 heavy (non-hydrogen) atoms. The number of aromatic nitrogens is 2. The number of benzene rings is 1. The molecule has 1 aliphatic rings. The molecule has 1 aliphatic heterocycles. The van der Waals surface area contributed by atoms with Crippen molar-refractivity contribution in [1.82, 2.24) is 10.1 Å². The summed E-state index contributed by atoms with van der Waals surface area (Å²) in [5.41, 5.74) is 7.66. The van der Waals surface area contributed by atoms with Gasteiger partial charge in [-0.05, 0) is 29.3 Å². The molecule has 6 heteroatoms. The van der Waals surface area contributed by atoms with Crippen LogP contribution in [0, 0.1) is 0 Å². The number of hydrogen-bond donors (Lipinski definition) is 1. The van der Waals surface area contributed by atoms with E-state index < -0.39 is 0 Å². The summed E-state index contributed by atoms with van der Waals surface area (Å²) in [6.07, 6.45) is 1.60. The number of morpholine rings is 1. The maximum atomic E-state index is 5.66. The molecule has 2 aromatic rings. The normalized spacial score (nSPS) is 15.5. The van der Waals surface area contributed by atoms with E-state index in [1.54, 1.807) is 0 Å². The minimum atomic E-state index is 0.667. The van der Waals surface area contributed by atoms with E-state index >= 15 is 0 Å². The largest absolute Gasteiger partial charge is 0.399 e. The molecule has 1 aromatic heterocycles. The van der Waals surface area contributed by atoms with Gasteiger partial charge >= 0.3 is 0 Å². The van der Waals surface area contributed by atoms with Gasteiger partial charge in [0.05, 0.1) is 13.2 Å². The predicted molar refractivity (Wildman–Crippen MR) is 75.6 cm³/mol. The van der Waals surface area contributed by atoms with Crippen LogP contribution in [0.3, 0.4) is 0 Å². The standard InChI is InChI=1S/C14H18N4O2/c15-12-4-1-11(2-5-12)3-6-13-16-14(17-20-13)18-7-9-19-10-8-18/h1-2,4-5H,3,6-10,15H2. The van der Waals surface area contributed by atoms with E-state index in [0.717, 1.165) is 44.8 Å². The van der Waals surface area contributed by atoms with Gasteiger partial charge in [-0.1, -0.05) is 12.1 Å². The SMILES string of the molecule is Nc1ccc(CCc2nc(N3CCOCC3)no2)cc1. The fourth-order valence-electron chi connectivity index (χ4n) is 2.17. The zero-order chi connectivity index (χ0) is 13.8. The van der Waals surface area contributed by atoms with Crippen LogP contribution < -0.4 is 10.6 Å². The van der Waals surface area contributed by atoms with Crippen molar-refractivity contribution in [2.24, 2.45) is 0 Å². The minimum absolute atomic E-state index is 0.667. The number of rotatable bonds is 4. The lowest BCUT2D eigenvalue weighted by Gasteiger charge is -2.24. The molecule has 1 saturated heterocycles. The summed E-state index contributed by atoms with van der Waals surface area (Å²) < 4.78 is 10.6. The van der Waals surface area contributed by atoms with Crippen LogP contribution in [0.1, 0.15) is 11.5 Å². The third-order valence-corrected chi connectivity index (χ3v) is 3.36. The highest BCUT2D eigenvalue weighted by Crippen LogP contribution is 2.13. The Morgan fingerprint density at radius 3 is 2.60 bits per heavy atom. The second-order valence-electron chi connectivity index (χ2n) is 4.83. The van der Waals surface area contributed by atoms with E-state index in [1.807, 2.05) is 24.3 Å². The first kappa shape index (κ1) is 12.9. The van der Waals surface area contributed by atoms with Crippen LogP contribution in [0.15, 0.2) is 28.8 Å². The topological polar surface area (TPSA) is 77.4 Å². The number of ether oxygens (including phenoxy) is 1. The Balaban J connectivity index is 1.58. The van der Waals surface area contributed by atoms with Crippen LogP contribution in [-0.2, 0) is 17.6 Å². The fraction of sp³-hybridized carbons (Fsp3) is 0.429. The summed E-state index contributed by atoms with van der Waals surface area (Å²) in [6.45, 7) is 3.07. The van der Waals surface area contributed by atoms with Gasteiger partial charge < -0.3 is 19.9 Å². The molecule has 1 aromatic carbocycles. The summed E-state index contributed by atoms with van der Waals surface area (Å²) in [6, 6.07) is 7.85. The minimum Gasteiger partial charge on any atom is -0.399 e. The van der Waals surface area contributed by atoms with Crippen LogP contribution in [0.25, 0.3) is 0 Å². The highest BCUT2D eigenvalue weighted by atomic mass is 16.5. The number of nitrogens with zero attached hydrogens (tertiary/aromatic N) is 3. The van der Waals surface area contributed by atoms with Gasteiger partial charge in [0.25, 0.3) is 5.95 Å². The van der Waals surface area contributed by atoms with Crippen LogP contribution in [0.4, 0.5) is 11.6 Å². The summed E-state index contributed by atoms with van der Waals surface area (Å²) in [5.74, 6) is 1.34. The number of nitrogen functional groups attached to an aromatic ring is 1. The fourth-order valence-corrected chi connectivity index (χ4v) is 2.17. The van der Waals surface area contributed by atoms with Gasteiger partial charge in [0.1, 0.15) is 0 Å². The lowest BCUT2D eigenvalue weighted by Crippen LogP contribution is -2.36. The zero-order valence-electron chi connectivity index (χ0n) is 11.3. The lowest BCUT2D eigenvalue weighted by atomic mass is 10.1. The van der Waals surface area contributed by atoms with Gasteiger partial charge in [-0.25, -0.2) is 0 Å². The molecule has 0 amide bonds. The third-order valence-electron chi connectivity index (χ3n) is 3.36.